The van der Waals surface area contributed by atoms with E-state index in [2.05, 4.69) is 0 Å². The molecule has 19 atom stereocenters. The zero-order valence-electron chi connectivity index (χ0n) is 40.7. The summed E-state index contributed by atoms with van der Waals surface area (Å²) in [5.41, 5.74) is -4.46. The molecule has 0 bridgehead atoms. The van der Waals surface area contributed by atoms with Gasteiger partial charge >= 0.3 is 11.9 Å². The molecule has 4 aliphatic rings. The number of carbonyl (C=O) groups excluding carboxylic acids is 2. The molecule has 4 rings (SSSR count). The molecule has 17 heteroatoms. The van der Waals surface area contributed by atoms with Gasteiger partial charge in [0.05, 0.1) is 41.5 Å². The first-order valence-electron chi connectivity index (χ1n) is 23.4. The Morgan fingerprint density at radius 3 is 2.27 bits per heavy atom. The number of unbranched alkanes of at least 4 members (excludes halogenated alkanes) is 1. The van der Waals surface area contributed by atoms with Gasteiger partial charge in [-0.15, -0.1) is 0 Å². The third-order valence-electron chi connectivity index (χ3n) is 14.3. The number of hydrogen-bond donors (Lipinski definition) is 4. The van der Waals surface area contributed by atoms with Gasteiger partial charge in [0.2, 0.25) is 0 Å². The topological polar surface area (TPSA) is 186 Å². The first-order chi connectivity index (χ1) is 29.4. The molecule has 368 valence electrons. The maximum Gasteiger partial charge on any atom is 0.311 e. The average molecular weight is 937 g/mol. The normalized spacial score (nSPS) is 45.3. The van der Waals surface area contributed by atoms with Gasteiger partial charge in [-0.1, -0.05) is 48.8 Å². The molecule has 0 aromatic heterocycles. The fourth-order valence-corrected chi connectivity index (χ4v) is 13.4. The third-order valence-corrected chi connectivity index (χ3v) is 17.3. The van der Waals surface area contributed by atoms with Crippen molar-refractivity contribution in [1.29, 1.82) is 0 Å². The smallest absolute Gasteiger partial charge is 0.311 e. The number of aliphatic hydroxyl groups is 4. The lowest BCUT2D eigenvalue weighted by atomic mass is 9.77. The predicted octanol–water partition coefficient (Wildman–Crippen LogP) is 5.17. The second kappa shape index (κ2) is 23.5. The summed E-state index contributed by atoms with van der Waals surface area (Å²) in [6.07, 6.45) is -4.30. The molecule has 0 amide bonds. The highest BCUT2D eigenvalue weighted by molar-refractivity contribution is 8.77. The average Bonchev–Trinajstić information content (AvgIpc) is 3.73. The van der Waals surface area contributed by atoms with Crippen LogP contribution in [0.25, 0.3) is 0 Å². The minimum absolute atomic E-state index is 0.119. The molecule has 4 fully saturated rings. The van der Waals surface area contributed by atoms with Crippen molar-refractivity contribution in [2.24, 2.45) is 17.8 Å². The van der Waals surface area contributed by atoms with Crippen LogP contribution in [-0.2, 0) is 42.7 Å². The summed E-state index contributed by atoms with van der Waals surface area (Å²) in [6.45, 7) is 18.3. The van der Waals surface area contributed by atoms with Crippen LogP contribution in [-0.4, -0.2) is 178 Å². The van der Waals surface area contributed by atoms with Crippen molar-refractivity contribution in [2.75, 3.05) is 40.6 Å². The van der Waals surface area contributed by atoms with Gasteiger partial charge in [0.15, 0.2) is 12.6 Å². The van der Waals surface area contributed by atoms with E-state index in [0.717, 1.165) is 18.6 Å². The van der Waals surface area contributed by atoms with E-state index < -0.39 is 102 Å². The van der Waals surface area contributed by atoms with E-state index in [0.29, 0.717) is 24.6 Å². The first kappa shape index (κ1) is 54.8. The van der Waals surface area contributed by atoms with E-state index in [4.69, 9.17) is 33.2 Å². The van der Waals surface area contributed by atoms with Crippen LogP contribution in [0.5, 0.6) is 0 Å². The molecule has 4 heterocycles. The van der Waals surface area contributed by atoms with E-state index in [1.807, 2.05) is 87.1 Å². The molecule has 0 aromatic carbocycles. The molecule has 2 unspecified atom stereocenters. The second-order valence-corrected chi connectivity index (χ2v) is 23.0. The van der Waals surface area contributed by atoms with Crippen LogP contribution in [0, 0.1) is 17.8 Å². The minimum atomic E-state index is -1.82. The number of likely N-dealkylation sites (N-methyl/N-ethyl adjacent to an activating group) is 2. The van der Waals surface area contributed by atoms with Crippen molar-refractivity contribution in [2.45, 2.75) is 223 Å². The largest absolute Gasteiger partial charge is 0.459 e. The Bertz CT molecular complexity index is 1440. The molecule has 15 nitrogen and oxygen atoms in total. The van der Waals surface area contributed by atoms with Gasteiger partial charge in [-0.3, -0.25) is 14.5 Å². The highest BCUT2D eigenvalue weighted by Gasteiger charge is 2.53. The van der Waals surface area contributed by atoms with Crippen LogP contribution in [0.4, 0.5) is 0 Å². The summed E-state index contributed by atoms with van der Waals surface area (Å²) >= 11 is 0. The van der Waals surface area contributed by atoms with Gasteiger partial charge in [-0.25, -0.2) is 0 Å². The summed E-state index contributed by atoms with van der Waals surface area (Å²) < 4.78 is 44.4. The monoisotopic (exact) mass is 937 g/mol. The van der Waals surface area contributed by atoms with Crippen LogP contribution >= 0.6 is 21.6 Å². The number of hydrogen-bond acceptors (Lipinski definition) is 17. The summed E-state index contributed by atoms with van der Waals surface area (Å²) in [7, 11) is 11.0. The number of cyclic esters (lactones) is 1. The molecular formula is C46H84N2O13S2. The molecule has 0 aromatic rings. The number of esters is 2. The van der Waals surface area contributed by atoms with Crippen molar-refractivity contribution in [1.82, 2.24) is 9.80 Å². The Morgan fingerprint density at radius 2 is 1.67 bits per heavy atom. The maximum atomic E-state index is 14.7. The molecule has 4 N–H and O–H groups in total. The number of aliphatic hydroxyl groups excluding tert-OH is 2. The number of methoxy groups -OCH3 is 1. The molecule has 63 heavy (non-hydrogen) atoms. The van der Waals surface area contributed by atoms with E-state index in [1.54, 1.807) is 34.6 Å². The number of ether oxygens (including phenoxy) is 7. The van der Waals surface area contributed by atoms with Crippen LogP contribution in [0.1, 0.15) is 127 Å². The maximum absolute atomic E-state index is 14.7. The Morgan fingerprint density at radius 1 is 0.984 bits per heavy atom. The molecular weight excluding hydrogens is 853 g/mol. The fraction of sp³-hybridized carbons (Fsp3) is 0.957. The van der Waals surface area contributed by atoms with E-state index >= 15 is 0 Å². The summed E-state index contributed by atoms with van der Waals surface area (Å²) in [6, 6.07) is -0.825. The Hall–Kier alpha value is -0.800. The second-order valence-electron chi connectivity index (χ2n) is 20.2. The van der Waals surface area contributed by atoms with Crippen LogP contribution in [0.3, 0.4) is 0 Å². The molecule has 0 radical (unpaired) electrons. The van der Waals surface area contributed by atoms with E-state index in [-0.39, 0.29) is 43.7 Å². The Labute approximate surface area is 386 Å². The van der Waals surface area contributed by atoms with Crippen molar-refractivity contribution in [3.8, 4) is 0 Å². The summed E-state index contributed by atoms with van der Waals surface area (Å²) in [4.78, 5) is 32.2. The Balaban J connectivity index is 1.75. The minimum Gasteiger partial charge on any atom is -0.459 e. The van der Waals surface area contributed by atoms with Gasteiger partial charge in [-0.2, -0.15) is 0 Å². The lowest BCUT2D eigenvalue weighted by Crippen LogP contribution is -2.61. The molecule has 4 aliphatic heterocycles. The van der Waals surface area contributed by atoms with Crippen LogP contribution < -0.4 is 0 Å². The van der Waals surface area contributed by atoms with Crippen LogP contribution in [0.15, 0.2) is 0 Å². The van der Waals surface area contributed by atoms with Gasteiger partial charge in [0.25, 0.3) is 0 Å². The van der Waals surface area contributed by atoms with Gasteiger partial charge in [0.1, 0.15) is 30.0 Å². The molecule has 0 aliphatic carbocycles. The van der Waals surface area contributed by atoms with Crippen molar-refractivity contribution >= 4 is 33.5 Å². The van der Waals surface area contributed by atoms with Crippen molar-refractivity contribution in [3.63, 3.8) is 0 Å². The summed E-state index contributed by atoms with van der Waals surface area (Å²) in [5, 5.41) is 48.6. The lowest BCUT2D eigenvalue weighted by Gasteiger charge is -2.48. The fourth-order valence-electron chi connectivity index (χ4n) is 10.3. The first-order valence-corrected chi connectivity index (χ1v) is 25.8. The van der Waals surface area contributed by atoms with Crippen molar-refractivity contribution < 1.29 is 63.2 Å². The van der Waals surface area contributed by atoms with E-state index in [9.17, 15) is 30.0 Å². The van der Waals surface area contributed by atoms with Gasteiger partial charge < -0.3 is 58.5 Å². The van der Waals surface area contributed by atoms with E-state index in [1.165, 1.54) is 13.5 Å². The quantitative estimate of drug-likeness (QED) is 0.108. The standard InChI is InChI=1S/C46H84N2O13S2/c1-15-34-46(10,54)41(59-35(49)19-17-16-18-32-20-21-62-63-32)30(6)48(13)25-26(2)23-44(8,53)40(61-43-37(50)33(47(11)12)22-27(3)56-43)28(4)38(29(5)42(52)58-34)60-36-24-45(9,55-14)39(51)31(7)57-36/h26-34,36-41,43,50-51,53-54H,15-25H2,1-14H3/t26-,27-,28+,29-,30-,31+,32?,33?,34-,36+,37-,38+,39+,40-,41-,43+,44-,45-,46-/m1/s1. The highest BCUT2D eigenvalue weighted by Crippen LogP contribution is 2.42. The van der Waals surface area contributed by atoms with Crippen LogP contribution in [0.2, 0.25) is 0 Å². The summed E-state index contributed by atoms with van der Waals surface area (Å²) in [5.74, 6) is -1.96. The molecule has 0 saturated carbocycles. The van der Waals surface area contributed by atoms with Crippen molar-refractivity contribution in [3.05, 3.63) is 0 Å². The SMILES string of the molecule is CC[C@H]1OC(=O)[C@H](C)[C@@H](O[C@H]2C[C@@](C)(OC)[C@@H](O)[C@H](C)O2)[C@H](C)[C@@H](O[C@@H]2O[C@H](C)CC(N(C)C)[C@H]2O)[C@](C)(O)C[C@@H](C)CN(C)[C@H](C)[C@@H](OC(=O)CCCCC2CCSS2)[C@]1(C)O. The van der Waals surface area contributed by atoms with Gasteiger partial charge in [-0.05, 0) is 114 Å². The van der Waals surface area contributed by atoms with Gasteiger partial charge in [0, 0.05) is 55.5 Å². The molecule has 0 spiro atoms. The zero-order valence-corrected chi connectivity index (χ0v) is 42.3. The Kier molecular flexibility index (Phi) is 20.4. The predicted molar refractivity (Wildman–Crippen MR) is 245 cm³/mol. The molecule has 4 saturated heterocycles. The highest BCUT2D eigenvalue weighted by atomic mass is 33.1. The number of nitrogens with zero attached hydrogens (tertiary/aromatic N) is 2. The zero-order chi connectivity index (χ0) is 47.2. The number of rotatable bonds is 13. The lowest BCUT2D eigenvalue weighted by molar-refractivity contribution is -0.318. The number of carbonyl (C=O) groups is 2. The third kappa shape index (κ3) is 13.9.